The minimum atomic E-state index is -1.14. The molecule has 0 radical (unpaired) electrons. The number of hydrogen-bond acceptors (Lipinski definition) is 4. The Labute approximate surface area is 118 Å². The number of aryl methyl sites for hydroxylation is 1. The lowest BCUT2D eigenvalue weighted by atomic mass is 10.1. The van der Waals surface area contributed by atoms with Gasteiger partial charge in [-0.25, -0.2) is 9.18 Å². The second-order valence-corrected chi connectivity index (χ2v) is 4.26. The van der Waals surface area contributed by atoms with E-state index in [1.54, 1.807) is 6.92 Å². The monoisotopic (exact) mass is 291 g/mol. The van der Waals surface area contributed by atoms with Gasteiger partial charge in [-0.1, -0.05) is 6.07 Å². The number of carboxylic acid groups (broad SMARTS) is 1. The summed E-state index contributed by atoms with van der Waals surface area (Å²) in [6, 6.07) is 7.06. The average Bonchev–Trinajstić information content (AvgIpc) is 2.42. The Bertz CT molecular complexity index is 729. The fraction of sp³-hybridized carbons (Fsp3) is 0.0714. The average molecular weight is 291 g/mol. The maximum Gasteiger partial charge on any atom is 0.335 e. The fourth-order valence-corrected chi connectivity index (χ4v) is 1.68. The molecular formula is C14H10FNO5. The number of nitro groups is 1. The molecule has 0 bridgehead atoms. The number of ether oxygens (including phenoxy) is 1. The van der Waals surface area contributed by atoms with Gasteiger partial charge in [0, 0.05) is 0 Å². The van der Waals surface area contributed by atoms with Crippen LogP contribution in [-0.2, 0) is 0 Å². The number of nitrogens with zero attached hydrogens (tertiary/aromatic N) is 1. The molecule has 0 spiro atoms. The molecule has 7 heteroatoms. The van der Waals surface area contributed by atoms with Crippen LogP contribution in [0.25, 0.3) is 0 Å². The van der Waals surface area contributed by atoms with Crippen LogP contribution in [0.1, 0.15) is 15.9 Å². The minimum absolute atomic E-state index is 0.0136. The third kappa shape index (κ3) is 3.14. The summed E-state index contributed by atoms with van der Waals surface area (Å²) in [7, 11) is 0. The predicted octanol–water partition coefficient (Wildman–Crippen LogP) is 3.53. The largest absolute Gasteiger partial charge is 0.478 e. The summed E-state index contributed by atoms with van der Waals surface area (Å²) in [5.41, 5.74) is 0.0501. The van der Waals surface area contributed by atoms with Crippen LogP contribution >= 0.6 is 0 Å². The van der Waals surface area contributed by atoms with Crippen LogP contribution in [0.5, 0.6) is 11.5 Å². The van der Waals surface area contributed by atoms with E-state index in [4.69, 9.17) is 9.84 Å². The first kappa shape index (κ1) is 14.4. The zero-order chi connectivity index (χ0) is 15.6. The van der Waals surface area contributed by atoms with Gasteiger partial charge < -0.3 is 9.84 Å². The number of nitro benzene ring substituents is 1. The van der Waals surface area contributed by atoms with E-state index in [0.29, 0.717) is 5.56 Å². The first-order valence-corrected chi connectivity index (χ1v) is 5.84. The number of rotatable bonds is 4. The zero-order valence-corrected chi connectivity index (χ0v) is 10.9. The van der Waals surface area contributed by atoms with Gasteiger partial charge in [-0.15, -0.1) is 0 Å². The van der Waals surface area contributed by atoms with Crippen LogP contribution in [0, 0.1) is 22.9 Å². The van der Waals surface area contributed by atoms with Crippen LogP contribution in [0.15, 0.2) is 36.4 Å². The first-order valence-electron chi connectivity index (χ1n) is 5.84. The summed E-state index contributed by atoms with van der Waals surface area (Å²) in [5, 5.41) is 19.8. The summed E-state index contributed by atoms with van der Waals surface area (Å²) < 4.78 is 18.4. The van der Waals surface area contributed by atoms with Crippen LogP contribution in [0.2, 0.25) is 0 Å². The van der Waals surface area contributed by atoms with Crippen molar-refractivity contribution in [1.82, 2.24) is 0 Å². The highest BCUT2D eigenvalue weighted by atomic mass is 19.1. The molecule has 0 heterocycles. The van der Waals surface area contributed by atoms with Gasteiger partial charge in [0.25, 0.3) is 0 Å². The molecule has 1 N–H and O–H groups in total. The summed E-state index contributed by atoms with van der Waals surface area (Å²) in [5.74, 6) is -1.91. The smallest absolute Gasteiger partial charge is 0.335 e. The van der Waals surface area contributed by atoms with Gasteiger partial charge in [-0.3, -0.25) is 10.1 Å². The van der Waals surface area contributed by atoms with Crippen molar-refractivity contribution in [3.8, 4) is 11.5 Å². The lowest BCUT2D eigenvalue weighted by molar-refractivity contribution is -0.385. The lowest BCUT2D eigenvalue weighted by Gasteiger charge is -2.09. The quantitative estimate of drug-likeness (QED) is 0.687. The molecule has 2 aromatic rings. The maximum atomic E-state index is 13.1. The molecule has 0 aliphatic rings. The molecular weight excluding hydrogens is 281 g/mol. The number of carboxylic acids is 1. The number of hydrogen-bond donors (Lipinski definition) is 1. The summed E-state index contributed by atoms with van der Waals surface area (Å²) >= 11 is 0. The van der Waals surface area contributed by atoms with Crippen LogP contribution < -0.4 is 4.74 Å². The molecule has 2 aromatic carbocycles. The summed E-state index contributed by atoms with van der Waals surface area (Å²) in [6.45, 7) is 1.66. The van der Waals surface area contributed by atoms with E-state index in [1.165, 1.54) is 18.2 Å². The zero-order valence-electron chi connectivity index (χ0n) is 10.9. The molecule has 0 atom stereocenters. The van der Waals surface area contributed by atoms with Gasteiger partial charge in [0.15, 0.2) is 0 Å². The molecule has 6 nitrogen and oxygen atoms in total. The Morgan fingerprint density at radius 1 is 1.24 bits per heavy atom. The van der Waals surface area contributed by atoms with Crippen molar-refractivity contribution in [2.24, 2.45) is 0 Å². The van der Waals surface area contributed by atoms with E-state index in [1.807, 2.05) is 0 Å². The molecule has 0 aromatic heterocycles. The number of aromatic carboxylic acids is 1. The van der Waals surface area contributed by atoms with Crippen molar-refractivity contribution in [1.29, 1.82) is 0 Å². The van der Waals surface area contributed by atoms with Gasteiger partial charge in [0.05, 0.1) is 16.6 Å². The molecule has 0 fully saturated rings. The standard InChI is InChI=1S/C14H10FNO5/c1-8-2-3-9(14(17)18)6-13(8)21-12-5-4-10(15)7-11(12)16(19)20/h2-7H,1H3,(H,17,18). The van der Waals surface area contributed by atoms with Crippen molar-refractivity contribution >= 4 is 11.7 Å². The normalized spacial score (nSPS) is 10.2. The van der Waals surface area contributed by atoms with Gasteiger partial charge in [-0.2, -0.15) is 0 Å². The van der Waals surface area contributed by atoms with Crippen LogP contribution in [0.4, 0.5) is 10.1 Å². The topological polar surface area (TPSA) is 89.7 Å². The van der Waals surface area contributed by atoms with E-state index in [2.05, 4.69) is 0 Å². The molecule has 0 amide bonds. The van der Waals surface area contributed by atoms with Gasteiger partial charge >= 0.3 is 11.7 Å². The van der Waals surface area contributed by atoms with Gasteiger partial charge in [0.1, 0.15) is 11.6 Å². The van der Waals surface area contributed by atoms with Crippen LogP contribution in [0.3, 0.4) is 0 Å². The Morgan fingerprint density at radius 2 is 1.95 bits per heavy atom. The van der Waals surface area contributed by atoms with Crippen molar-refractivity contribution in [2.75, 3.05) is 0 Å². The third-order valence-electron chi connectivity index (χ3n) is 2.77. The Hall–Kier alpha value is -2.96. The molecule has 21 heavy (non-hydrogen) atoms. The molecule has 0 unspecified atom stereocenters. The maximum absolute atomic E-state index is 13.1. The van der Waals surface area contributed by atoms with E-state index in [-0.39, 0.29) is 17.1 Å². The highest BCUT2D eigenvalue weighted by molar-refractivity contribution is 5.88. The number of halogens is 1. The van der Waals surface area contributed by atoms with E-state index in [9.17, 15) is 19.3 Å². The molecule has 2 rings (SSSR count). The predicted molar refractivity (Wildman–Crippen MR) is 71.3 cm³/mol. The SMILES string of the molecule is Cc1ccc(C(=O)O)cc1Oc1ccc(F)cc1[N+](=O)[O-]. The van der Waals surface area contributed by atoms with E-state index in [0.717, 1.165) is 18.2 Å². The minimum Gasteiger partial charge on any atom is -0.478 e. The Kier molecular flexibility index (Phi) is 3.84. The molecule has 0 aliphatic carbocycles. The molecule has 0 saturated heterocycles. The summed E-state index contributed by atoms with van der Waals surface area (Å²) in [4.78, 5) is 21.0. The lowest BCUT2D eigenvalue weighted by Crippen LogP contribution is -1.99. The fourth-order valence-electron chi connectivity index (χ4n) is 1.68. The number of benzene rings is 2. The van der Waals surface area contributed by atoms with Crippen LogP contribution in [-0.4, -0.2) is 16.0 Å². The van der Waals surface area contributed by atoms with Crippen molar-refractivity contribution in [3.05, 3.63) is 63.5 Å². The van der Waals surface area contributed by atoms with Crippen molar-refractivity contribution in [3.63, 3.8) is 0 Å². The third-order valence-corrected chi connectivity index (χ3v) is 2.77. The van der Waals surface area contributed by atoms with Gasteiger partial charge in [0.2, 0.25) is 5.75 Å². The molecule has 108 valence electrons. The first-order chi connectivity index (χ1) is 9.88. The van der Waals surface area contributed by atoms with E-state index >= 15 is 0 Å². The van der Waals surface area contributed by atoms with Crippen molar-refractivity contribution in [2.45, 2.75) is 6.92 Å². The molecule has 0 aliphatic heterocycles. The second-order valence-electron chi connectivity index (χ2n) is 4.26. The highest BCUT2D eigenvalue weighted by Crippen LogP contribution is 2.33. The molecule has 0 saturated carbocycles. The number of carbonyl (C=O) groups is 1. The summed E-state index contributed by atoms with van der Waals surface area (Å²) in [6.07, 6.45) is 0. The van der Waals surface area contributed by atoms with Gasteiger partial charge in [-0.05, 0) is 36.8 Å². The van der Waals surface area contributed by atoms with E-state index < -0.39 is 22.4 Å². The highest BCUT2D eigenvalue weighted by Gasteiger charge is 2.18. The second kappa shape index (κ2) is 5.58. The van der Waals surface area contributed by atoms with Crippen molar-refractivity contribution < 1.29 is 24.0 Å². The Balaban J connectivity index is 2.45. The Morgan fingerprint density at radius 3 is 2.57 bits per heavy atom.